The average Bonchev–Trinajstić information content (AvgIpc) is 2.70. The van der Waals surface area contributed by atoms with Crippen LogP contribution in [0, 0.1) is 0 Å². The molecule has 0 aromatic carbocycles. The van der Waals surface area contributed by atoms with Gasteiger partial charge in [-0.05, 0) is 13.0 Å². The number of carbonyl (C=O) groups is 1. The Labute approximate surface area is 81.8 Å². The molecular formula is C9H13N3O2. The van der Waals surface area contributed by atoms with E-state index in [9.17, 15) is 4.79 Å². The molecule has 76 valence electrons. The Bertz CT molecular complexity index is 348. The Morgan fingerprint density at radius 1 is 1.79 bits per heavy atom. The molecule has 0 amide bonds. The van der Waals surface area contributed by atoms with E-state index in [1.165, 1.54) is 0 Å². The minimum Gasteiger partial charge on any atom is -0.480 e. The highest BCUT2D eigenvalue weighted by Crippen LogP contribution is 2.26. The summed E-state index contributed by atoms with van der Waals surface area (Å²) in [6, 6.07) is -0.467. The van der Waals surface area contributed by atoms with Crippen molar-refractivity contribution in [2.75, 3.05) is 6.54 Å². The Hall–Kier alpha value is -1.36. The summed E-state index contributed by atoms with van der Waals surface area (Å²) in [4.78, 5) is 14.9. The molecule has 0 aliphatic carbocycles. The number of imidazole rings is 1. The first kappa shape index (κ1) is 9.21. The summed E-state index contributed by atoms with van der Waals surface area (Å²) in [6.45, 7) is 0.757. The number of nitrogens with zero attached hydrogens (tertiary/aromatic N) is 2. The largest absolute Gasteiger partial charge is 0.480 e. The molecule has 2 unspecified atom stereocenters. The highest BCUT2D eigenvalue weighted by molar-refractivity contribution is 5.75. The predicted molar refractivity (Wildman–Crippen MR) is 50.0 cm³/mol. The summed E-state index contributed by atoms with van der Waals surface area (Å²) >= 11 is 0. The Kier molecular flexibility index (Phi) is 2.25. The maximum absolute atomic E-state index is 10.9. The minimum atomic E-state index is -0.784. The molecule has 5 heteroatoms. The molecule has 1 aliphatic heterocycles. The number of rotatable bonds is 2. The molecule has 2 rings (SSSR count). The van der Waals surface area contributed by atoms with E-state index < -0.39 is 12.0 Å². The molecule has 5 nitrogen and oxygen atoms in total. The molecule has 1 aromatic heterocycles. The molecular weight excluding hydrogens is 182 g/mol. The number of aromatic nitrogens is 2. The van der Waals surface area contributed by atoms with Gasteiger partial charge < -0.3 is 15.0 Å². The van der Waals surface area contributed by atoms with Crippen LogP contribution < -0.4 is 5.32 Å². The Morgan fingerprint density at radius 2 is 2.57 bits per heavy atom. The fourth-order valence-electron chi connectivity index (χ4n) is 2.01. The highest BCUT2D eigenvalue weighted by Gasteiger charge is 2.34. The molecule has 2 N–H and O–H groups in total. The average molecular weight is 195 g/mol. The van der Waals surface area contributed by atoms with Crippen LogP contribution in [0.15, 0.2) is 12.5 Å². The van der Waals surface area contributed by atoms with Crippen LogP contribution in [-0.2, 0) is 11.8 Å². The van der Waals surface area contributed by atoms with Crippen molar-refractivity contribution in [3.05, 3.63) is 18.2 Å². The van der Waals surface area contributed by atoms with Crippen LogP contribution in [0.5, 0.6) is 0 Å². The van der Waals surface area contributed by atoms with Crippen LogP contribution in [0.4, 0.5) is 0 Å². The van der Waals surface area contributed by atoms with Crippen LogP contribution in [0.25, 0.3) is 0 Å². The monoisotopic (exact) mass is 195 g/mol. The number of hydrogen-bond donors (Lipinski definition) is 2. The molecule has 1 saturated heterocycles. The lowest BCUT2D eigenvalue weighted by molar-refractivity contribution is -0.139. The van der Waals surface area contributed by atoms with E-state index in [-0.39, 0.29) is 5.92 Å². The fourth-order valence-corrected chi connectivity index (χ4v) is 2.01. The topological polar surface area (TPSA) is 67.2 Å². The van der Waals surface area contributed by atoms with Gasteiger partial charge in [0.1, 0.15) is 6.04 Å². The van der Waals surface area contributed by atoms with Gasteiger partial charge in [0.15, 0.2) is 0 Å². The number of carboxylic acid groups (broad SMARTS) is 1. The first-order valence-electron chi connectivity index (χ1n) is 4.62. The lowest BCUT2D eigenvalue weighted by Crippen LogP contribution is -2.34. The number of hydrogen-bond acceptors (Lipinski definition) is 3. The lowest BCUT2D eigenvalue weighted by Gasteiger charge is -2.15. The van der Waals surface area contributed by atoms with Gasteiger partial charge in [0.05, 0.1) is 6.33 Å². The zero-order chi connectivity index (χ0) is 10.1. The van der Waals surface area contributed by atoms with E-state index >= 15 is 0 Å². The molecule has 2 atom stereocenters. The molecule has 0 radical (unpaired) electrons. The zero-order valence-corrected chi connectivity index (χ0v) is 7.97. The summed E-state index contributed by atoms with van der Waals surface area (Å²) in [5.41, 5.74) is 0.988. The zero-order valence-electron chi connectivity index (χ0n) is 7.97. The van der Waals surface area contributed by atoms with Crippen molar-refractivity contribution < 1.29 is 9.90 Å². The first-order valence-corrected chi connectivity index (χ1v) is 4.62. The van der Waals surface area contributed by atoms with Crippen molar-refractivity contribution in [2.45, 2.75) is 18.4 Å². The van der Waals surface area contributed by atoms with Crippen LogP contribution in [-0.4, -0.2) is 33.2 Å². The Balaban J connectivity index is 2.26. The van der Waals surface area contributed by atoms with Crippen LogP contribution >= 0.6 is 0 Å². The first-order chi connectivity index (χ1) is 6.70. The third-order valence-electron chi connectivity index (χ3n) is 2.72. The van der Waals surface area contributed by atoms with Gasteiger partial charge in [-0.3, -0.25) is 4.79 Å². The van der Waals surface area contributed by atoms with E-state index in [0.717, 1.165) is 18.7 Å². The summed E-state index contributed by atoms with van der Waals surface area (Å²) in [5.74, 6) is -0.742. The molecule has 1 aromatic rings. The van der Waals surface area contributed by atoms with Gasteiger partial charge in [-0.15, -0.1) is 0 Å². The van der Waals surface area contributed by atoms with Gasteiger partial charge >= 0.3 is 5.97 Å². The lowest BCUT2D eigenvalue weighted by atomic mass is 9.97. The van der Waals surface area contributed by atoms with Gasteiger partial charge in [0, 0.05) is 24.9 Å². The van der Waals surface area contributed by atoms with Crippen LogP contribution in [0.3, 0.4) is 0 Å². The SMILES string of the molecule is Cn1cncc1C1CCNC1C(=O)O. The standard InChI is InChI=1S/C9H13N3O2/c1-12-5-10-4-7(12)6-2-3-11-8(6)9(13)14/h4-6,8,11H,2-3H2,1H3,(H,13,14). The highest BCUT2D eigenvalue weighted by atomic mass is 16.4. The molecule has 1 aliphatic rings. The van der Waals surface area contributed by atoms with Crippen molar-refractivity contribution in [3.63, 3.8) is 0 Å². The summed E-state index contributed by atoms with van der Waals surface area (Å²) in [5, 5.41) is 12.0. The van der Waals surface area contributed by atoms with Gasteiger partial charge in [0.25, 0.3) is 0 Å². The van der Waals surface area contributed by atoms with Crippen molar-refractivity contribution in [1.29, 1.82) is 0 Å². The normalized spacial score (nSPS) is 26.6. The van der Waals surface area contributed by atoms with E-state index in [1.807, 2.05) is 11.6 Å². The fraction of sp³-hybridized carbons (Fsp3) is 0.556. The molecule has 0 saturated carbocycles. The summed E-state index contributed by atoms with van der Waals surface area (Å²) in [7, 11) is 1.89. The van der Waals surface area contributed by atoms with Gasteiger partial charge in [0.2, 0.25) is 0 Å². The third kappa shape index (κ3) is 1.39. The van der Waals surface area contributed by atoms with Crippen molar-refractivity contribution in [2.24, 2.45) is 7.05 Å². The van der Waals surface area contributed by atoms with E-state index in [4.69, 9.17) is 5.11 Å². The number of aryl methyl sites for hydroxylation is 1. The van der Waals surface area contributed by atoms with Crippen LogP contribution in [0.1, 0.15) is 18.0 Å². The molecule has 2 heterocycles. The molecule has 0 spiro atoms. The predicted octanol–water partition coefficient (Wildman–Crippen LogP) is -0.0498. The van der Waals surface area contributed by atoms with E-state index in [1.54, 1.807) is 12.5 Å². The van der Waals surface area contributed by atoms with Gasteiger partial charge in [-0.2, -0.15) is 0 Å². The summed E-state index contributed by atoms with van der Waals surface area (Å²) < 4.78 is 1.88. The number of aliphatic carboxylic acids is 1. The maximum atomic E-state index is 10.9. The second kappa shape index (κ2) is 3.42. The van der Waals surface area contributed by atoms with Crippen molar-refractivity contribution >= 4 is 5.97 Å². The molecule has 1 fully saturated rings. The molecule has 0 bridgehead atoms. The number of carboxylic acids is 1. The smallest absolute Gasteiger partial charge is 0.321 e. The van der Waals surface area contributed by atoms with Crippen molar-refractivity contribution in [3.8, 4) is 0 Å². The van der Waals surface area contributed by atoms with E-state index in [0.29, 0.717) is 0 Å². The second-order valence-electron chi connectivity index (χ2n) is 3.59. The summed E-state index contributed by atoms with van der Waals surface area (Å²) in [6.07, 6.45) is 4.30. The van der Waals surface area contributed by atoms with Gasteiger partial charge in [-0.1, -0.05) is 0 Å². The number of nitrogens with one attached hydrogen (secondary N) is 1. The van der Waals surface area contributed by atoms with Crippen molar-refractivity contribution in [1.82, 2.24) is 14.9 Å². The van der Waals surface area contributed by atoms with Crippen LogP contribution in [0.2, 0.25) is 0 Å². The third-order valence-corrected chi connectivity index (χ3v) is 2.72. The van der Waals surface area contributed by atoms with Gasteiger partial charge in [-0.25, -0.2) is 4.98 Å². The van der Waals surface area contributed by atoms with E-state index in [2.05, 4.69) is 10.3 Å². The Morgan fingerprint density at radius 3 is 3.14 bits per heavy atom. The maximum Gasteiger partial charge on any atom is 0.321 e. The second-order valence-corrected chi connectivity index (χ2v) is 3.59. The minimum absolute atomic E-state index is 0.0417. The molecule has 14 heavy (non-hydrogen) atoms. The quantitative estimate of drug-likeness (QED) is 0.694.